The maximum Gasteiger partial charge on any atom is 0.135 e. The third-order valence-electron chi connectivity index (χ3n) is 2.54. The van der Waals surface area contributed by atoms with E-state index in [0.717, 1.165) is 42.4 Å². The molecular formula is C14H26N4. The van der Waals surface area contributed by atoms with Crippen molar-refractivity contribution in [2.75, 3.05) is 17.2 Å². The molecule has 0 saturated heterocycles. The average molecular weight is 250 g/mol. The van der Waals surface area contributed by atoms with Gasteiger partial charge in [-0.05, 0) is 34.1 Å². The first-order valence-corrected chi connectivity index (χ1v) is 6.77. The Morgan fingerprint density at radius 3 is 2.17 bits per heavy atom. The van der Waals surface area contributed by atoms with Crippen LogP contribution in [0.4, 0.5) is 11.6 Å². The number of aryl methyl sites for hydroxylation is 1. The molecule has 0 atom stereocenters. The summed E-state index contributed by atoms with van der Waals surface area (Å²) in [6.07, 6.45) is 1.94. The van der Waals surface area contributed by atoms with Crippen molar-refractivity contribution in [3.63, 3.8) is 0 Å². The summed E-state index contributed by atoms with van der Waals surface area (Å²) in [6.45, 7) is 13.6. The first-order chi connectivity index (χ1) is 8.37. The monoisotopic (exact) mass is 250 g/mol. The first kappa shape index (κ1) is 14.7. The van der Waals surface area contributed by atoms with Gasteiger partial charge in [0.1, 0.15) is 17.5 Å². The molecule has 0 unspecified atom stereocenters. The van der Waals surface area contributed by atoms with Gasteiger partial charge in [-0.3, -0.25) is 0 Å². The molecule has 1 rings (SSSR count). The highest BCUT2D eigenvalue weighted by Crippen LogP contribution is 2.23. The van der Waals surface area contributed by atoms with Gasteiger partial charge in [-0.15, -0.1) is 0 Å². The molecule has 0 fully saturated rings. The van der Waals surface area contributed by atoms with E-state index in [0.29, 0.717) is 0 Å². The molecule has 1 aromatic rings. The van der Waals surface area contributed by atoms with Crippen LogP contribution in [0.25, 0.3) is 0 Å². The molecule has 18 heavy (non-hydrogen) atoms. The number of nitrogens with zero attached hydrogens (tertiary/aromatic N) is 2. The van der Waals surface area contributed by atoms with Gasteiger partial charge in [-0.1, -0.05) is 13.8 Å². The predicted molar refractivity (Wildman–Crippen MR) is 78.3 cm³/mol. The van der Waals surface area contributed by atoms with Crippen LogP contribution in [-0.4, -0.2) is 22.1 Å². The highest BCUT2D eigenvalue weighted by atomic mass is 15.1. The molecule has 0 saturated carbocycles. The van der Waals surface area contributed by atoms with E-state index in [1.165, 1.54) is 0 Å². The zero-order valence-electron chi connectivity index (χ0n) is 12.5. The lowest BCUT2D eigenvalue weighted by atomic mass is 10.1. The number of aromatic nitrogens is 2. The van der Waals surface area contributed by atoms with Crippen molar-refractivity contribution in [2.45, 2.75) is 59.9 Å². The number of hydrogen-bond acceptors (Lipinski definition) is 4. The first-order valence-electron chi connectivity index (χ1n) is 6.77. The highest BCUT2D eigenvalue weighted by Gasteiger charge is 2.15. The third-order valence-corrected chi connectivity index (χ3v) is 2.54. The maximum atomic E-state index is 4.58. The smallest absolute Gasteiger partial charge is 0.135 e. The minimum atomic E-state index is 0.00610. The van der Waals surface area contributed by atoms with Crippen LogP contribution in [0, 0.1) is 6.92 Å². The van der Waals surface area contributed by atoms with Gasteiger partial charge in [-0.25, -0.2) is 9.97 Å². The Labute approximate surface area is 111 Å². The number of anilines is 2. The lowest BCUT2D eigenvalue weighted by Gasteiger charge is -2.24. The maximum absolute atomic E-state index is 4.58. The van der Waals surface area contributed by atoms with Gasteiger partial charge in [0.15, 0.2) is 0 Å². The van der Waals surface area contributed by atoms with Crippen LogP contribution in [0.5, 0.6) is 0 Å². The minimum Gasteiger partial charge on any atom is -0.370 e. The Morgan fingerprint density at radius 2 is 1.67 bits per heavy atom. The molecule has 2 N–H and O–H groups in total. The molecule has 4 heteroatoms. The van der Waals surface area contributed by atoms with E-state index in [1.807, 2.05) is 0 Å². The van der Waals surface area contributed by atoms with Gasteiger partial charge >= 0.3 is 0 Å². The van der Waals surface area contributed by atoms with Crippen LogP contribution in [0.15, 0.2) is 0 Å². The molecule has 0 spiro atoms. The summed E-state index contributed by atoms with van der Waals surface area (Å²) in [4.78, 5) is 9.14. The van der Waals surface area contributed by atoms with E-state index >= 15 is 0 Å². The summed E-state index contributed by atoms with van der Waals surface area (Å²) in [5.41, 5.74) is 1.10. The Balaban J connectivity index is 3.08. The van der Waals surface area contributed by atoms with Crippen molar-refractivity contribution in [3.05, 3.63) is 11.4 Å². The van der Waals surface area contributed by atoms with Gasteiger partial charge in [-0.2, -0.15) is 0 Å². The molecule has 1 aromatic heterocycles. The zero-order valence-corrected chi connectivity index (χ0v) is 12.5. The standard InChI is InChI=1S/C14H26N4/c1-7-9-15-12-10(3)13(18-14(4,5)6)17-11(8-2)16-12/h7-9H2,1-6H3,(H2,15,16,17,18). The zero-order chi connectivity index (χ0) is 13.8. The normalized spacial score (nSPS) is 11.4. The molecule has 4 nitrogen and oxygen atoms in total. The molecule has 0 aromatic carbocycles. The van der Waals surface area contributed by atoms with Crippen molar-refractivity contribution in [2.24, 2.45) is 0 Å². The van der Waals surface area contributed by atoms with Gasteiger partial charge in [0.25, 0.3) is 0 Å². The summed E-state index contributed by atoms with van der Waals surface area (Å²) in [5, 5.41) is 6.82. The number of hydrogen-bond donors (Lipinski definition) is 2. The van der Waals surface area contributed by atoms with Gasteiger partial charge in [0, 0.05) is 24.1 Å². The van der Waals surface area contributed by atoms with Crippen molar-refractivity contribution >= 4 is 11.6 Å². The summed E-state index contributed by atoms with van der Waals surface area (Å²) in [6, 6.07) is 0. The summed E-state index contributed by atoms with van der Waals surface area (Å²) >= 11 is 0. The van der Waals surface area contributed by atoms with Gasteiger partial charge in [0.2, 0.25) is 0 Å². The highest BCUT2D eigenvalue weighted by molar-refractivity contribution is 5.58. The van der Waals surface area contributed by atoms with Crippen LogP contribution >= 0.6 is 0 Å². The van der Waals surface area contributed by atoms with Crippen LogP contribution < -0.4 is 10.6 Å². The summed E-state index contributed by atoms with van der Waals surface area (Å²) < 4.78 is 0. The van der Waals surface area contributed by atoms with Gasteiger partial charge < -0.3 is 10.6 Å². The third kappa shape index (κ3) is 4.17. The Hall–Kier alpha value is -1.32. The van der Waals surface area contributed by atoms with E-state index in [9.17, 15) is 0 Å². The number of rotatable bonds is 5. The fraction of sp³-hybridized carbons (Fsp3) is 0.714. The second-order valence-corrected chi connectivity index (χ2v) is 5.62. The van der Waals surface area contributed by atoms with Crippen LogP contribution in [0.3, 0.4) is 0 Å². The average Bonchev–Trinajstić information content (AvgIpc) is 2.28. The second kappa shape index (κ2) is 6.03. The molecular weight excluding hydrogens is 224 g/mol. The minimum absolute atomic E-state index is 0.00610. The summed E-state index contributed by atoms with van der Waals surface area (Å²) in [5.74, 6) is 2.77. The second-order valence-electron chi connectivity index (χ2n) is 5.62. The van der Waals surface area contributed by atoms with Crippen molar-refractivity contribution in [1.82, 2.24) is 9.97 Å². The van der Waals surface area contributed by atoms with Crippen LogP contribution in [0.2, 0.25) is 0 Å². The van der Waals surface area contributed by atoms with Crippen molar-refractivity contribution in [3.8, 4) is 0 Å². The van der Waals surface area contributed by atoms with Crippen molar-refractivity contribution in [1.29, 1.82) is 0 Å². The van der Waals surface area contributed by atoms with E-state index < -0.39 is 0 Å². The lowest BCUT2D eigenvalue weighted by molar-refractivity contribution is 0.628. The Morgan fingerprint density at radius 1 is 1.06 bits per heavy atom. The van der Waals surface area contributed by atoms with E-state index in [1.54, 1.807) is 0 Å². The molecule has 0 radical (unpaired) electrons. The SMILES string of the molecule is CCCNc1nc(CC)nc(NC(C)(C)C)c1C. The summed E-state index contributed by atoms with van der Waals surface area (Å²) in [7, 11) is 0. The lowest BCUT2D eigenvalue weighted by Crippen LogP contribution is -2.28. The van der Waals surface area contributed by atoms with E-state index in [2.05, 4.69) is 62.1 Å². The molecule has 0 aliphatic heterocycles. The fourth-order valence-electron chi connectivity index (χ4n) is 1.61. The van der Waals surface area contributed by atoms with Crippen LogP contribution in [-0.2, 0) is 6.42 Å². The Bertz CT molecular complexity index is 394. The molecule has 0 amide bonds. The molecule has 0 aliphatic rings. The topological polar surface area (TPSA) is 49.8 Å². The van der Waals surface area contributed by atoms with E-state index in [4.69, 9.17) is 0 Å². The van der Waals surface area contributed by atoms with Gasteiger partial charge in [0.05, 0.1) is 0 Å². The molecule has 0 aliphatic carbocycles. The molecule has 1 heterocycles. The predicted octanol–water partition coefficient (Wildman–Crippen LogP) is 3.38. The molecule has 102 valence electrons. The quantitative estimate of drug-likeness (QED) is 0.841. The van der Waals surface area contributed by atoms with E-state index in [-0.39, 0.29) is 5.54 Å². The fourth-order valence-corrected chi connectivity index (χ4v) is 1.61. The number of nitrogens with one attached hydrogen (secondary N) is 2. The largest absolute Gasteiger partial charge is 0.370 e. The molecule has 0 bridgehead atoms. The Kier molecular flexibility index (Phi) is 4.93. The van der Waals surface area contributed by atoms with Crippen molar-refractivity contribution < 1.29 is 0 Å². The van der Waals surface area contributed by atoms with Crippen LogP contribution in [0.1, 0.15) is 52.4 Å².